The maximum absolute atomic E-state index is 11.5. The lowest BCUT2D eigenvalue weighted by atomic mass is 10.0. The number of alkyl carbamates (subject to hydrolysis) is 1. The number of nitrogens with one attached hydrogen (secondary N) is 2. The molecule has 1 saturated heterocycles. The predicted octanol–water partition coefficient (Wildman–Crippen LogP) is 0.266. The zero-order chi connectivity index (χ0) is 16.3. The molecule has 1 fully saturated rings. The van der Waals surface area contributed by atoms with Gasteiger partial charge in [0.15, 0.2) is 0 Å². The molecule has 0 bridgehead atoms. The first-order valence-corrected chi connectivity index (χ1v) is 8.04. The molecule has 2 N–H and O–H groups in total. The van der Waals surface area contributed by atoms with Crippen molar-refractivity contribution in [1.82, 2.24) is 30.8 Å². The van der Waals surface area contributed by atoms with E-state index in [1.165, 1.54) is 16.4 Å². The van der Waals surface area contributed by atoms with Gasteiger partial charge in [-0.3, -0.25) is 4.79 Å². The average molecular weight is 390 g/mol. The molecule has 22 heavy (non-hydrogen) atoms. The summed E-state index contributed by atoms with van der Waals surface area (Å²) in [4.78, 5) is 23.0. The third kappa shape index (κ3) is 4.77. The fourth-order valence-corrected chi connectivity index (χ4v) is 2.66. The van der Waals surface area contributed by atoms with Crippen LogP contribution in [0.25, 0.3) is 0 Å². The molecule has 9 nitrogen and oxygen atoms in total. The van der Waals surface area contributed by atoms with Crippen LogP contribution in [0.15, 0.2) is 5.16 Å². The van der Waals surface area contributed by atoms with Gasteiger partial charge in [0, 0.05) is 12.8 Å². The Balaban J connectivity index is 1.78. The molecule has 2 atom stereocenters. The minimum Gasteiger partial charge on any atom is -0.445 e. The first-order chi connectivity index (χ1) is 10.3. The lowest BCUT2D eigenvalue weighted by molar-refractivity contribution is -0.130. The van der Waals surface area contributed by atoms with E-state index in [1.807, 2.05) is 0 Å². The molecule has 0 aliphatic carbocycles. The molecule has 1 aromatic rings. The highest BCUT2D eigenvalue weighted by Crippen LogP contribution is 2.26. The maximum Gasteiger partial charge on any atom is 0.408 e. The molecule has 0 saturated carbocycles. The number of aryl methyl sites for hydroxylation is 1. The van der Waals surface area contributed by atoms with Gasteiger partial charge in [0.25, 0.3) is 0 Å². The molecule has 2 heterocycles. The third-order valence-corrected chi connectivity index (χ3v) is 4.08. The van der Waals surface area contributed by atoms with E-state index in [0.29, 0.717) is 10.9 Å². The summed E-state index contributed by atoms with van der Waals surface area (Å²) >= 11 is 17.7. The molecule has 1 aliphatic heterocycles. The number of hydrogen-bond donors (Lipinski definition) is 2. The van der Waals surface area contributed by atoms with E-state index in [-0.39, 0.29) is 11.9 Å². The van der Waals surface area contributed by atoms with E-state index in [9.17, 15) is 9.59 Å². The summed E-state index contributed by atoms with van der Waals surface area (Å²) in [5, 5.41) is 16.7. The summed E-state index contributed by atoms with van der Waals surface area (Å²) in [6, 6.07) is -0.980. The summed E-state index contributed by atoms with van der Waals surface area (Å²) in [5.74, 6) is 0.169. The molecule has 2 amide bonds. The van der Waals surface area contributed by atoms with Crippen molar-refractivity contribution in [3.8, 4) is 0 Å². The van der Waals surface area contributed by atoms with Crippen LogP contribution < -0.4 is 10.6 Å². The fourth-order valence-electron chi connectivity index (χ4n) is 1.57. The van der Waals surface area contributed by atoms with Gasteiger partial charge in [-0.2, -0.15) is 0 Å². The second-order valence-corrected chi connectivity index (χ2v) is 7.83. The number of tetrazole rings is 1. The van der Waals surface area contributed by atoms with Gasteiger partial charge < -0.3 is 15.4 Å². The van der Waals surface area contributed by atoms with Crippen LogP contribution in [0.5, 0.6) is 0 Å². The first-order valence-electron chi connectivity index (χ1n) is 5.92. The number of amides is 2. The van der Waals surface area contributed by atoms with Gasteiger partial charge in [-0.05, 0) is 10.4 Å². The predicted molar refractivity (Wildman–Crippen MR) is 80.0 cm³/mol. The van der Waals surface area contributed by atoms with E-state index in [2.05, 4.69) is 26.2 Å². The zero-order valence-electron chi connectivity index (χ0n) is 11.1. The smallest absolute Gasteiger partial charge is 0.408 e. The third-order valence-electron chi connectivity index (χ3n) is 2.63. The Bertz CT molecular complexity index is 565. The zero-order valence-corrected chi connectivity index (χ0v) is 14.2. The van der Waals surface area contributed by atoms with Crippen LogP contribution in [-0.4, -0.2) is 60.4 Å². The minimum absolute atomic E-state index is 0.269. The highest BCUT2D eigenvalue weighted by atomic mass is 35.6. The van der Waals surface area contributed by atoms with Crippen LogP contribution in [0.1, 0.15) is 0 Å². The van der Waals surface area contributed by atoms with E-state index in [1.54, 1.807) is 7.05 Å². The molecule has 1 aromatic heterocycles. The van der Waals surface area contributed by atoms with Crippen molar-refractivity contribution in [1.29, 1.82) is 0 Å². The number of hydrogen-bond acceptors (Lipinski definition) is 7. The minimum atomic E-state index is -1.70. The van der Waals surface area contributed by atoms with Crippen molar-refractivity contribution in [3.05, 3.63) is 0 Å². The Morgan fingerprint density at radius 1 is 1.55 bits per heavy atom. The average Bonchev–Trinajstić information content (AvgIpc) is 2.83. The number of carbonyl (C=O) groups is 2. The molecule has 13 heteroatoms. The number of halogens is 3. The maximum atomic E-state index is 11.5. The lowest BCUT2D eigenvalue weighted by Crippen LogP contribution is -2.70. The van der Waals surface area contributed by atoms with Crippen LogP contribution in [0, 0.1) is 0 Å². The quantitative estimate of drug-likeness (QED) is 0.422. The van der Waals surface area contributed by atoms with Crippen molar-refractivity contribution in [2.75, 3.05) is 12.4 Å². The molecule has 0 unspecified atom stereocenters. The number of β-lactam (4-membered cyclic amide) rings is 1. The van der Waals surface area contributed by atoms with Crippen molar-refractivity contribution < 1.29 is 14.3 Å². The van der Waals surface area contributed by atoms with E-state index < -0.39 is 22.5 Å². The molecular formula is C9H11Cl3N6O3S. The van der Waals surface area contributed by atoms with Crippen molar-refractivity contribution >= 4 is 58.6 Å². The number of aromatic nitrogens is 4. The summed E-state index contributed by atoms with van der Waals surface area (Å²) in [6.45, 7) is -0.415. The summed E-state index contributed by atoms with van der Waals surface area (Å²) in [6.07, 6.45) is -0.832. The molecule has 1 aliphatic rings. The Morgan fingerprint density at radius 2 is 2.27 bits per heavy atom. The second kappa shape index (κ2) is 7.07. The van der Waals surface area contributed by atoms with Gasteiger partial charge in [-0.1, -0.05) is 46.6 Å². The van der Waals surface area contributed by atoms with Gasteiger partial charge in [-0.25, -0.2) is 9.48 Å². The van der Waals surface area contributed by atoms with E-state index in [0.717, 1.165) is 0 Å². The lowest BCUT2D eigenvalue weighted by Gasteiger charge is -2.36. The highest BCUT2D eigenvalue weighted by Gasteiger charge is 2.41. The summed E-state index contributed by atoms with van der Waals surface area (Å²) in [7, 11) is 1.70. The number of nitrogens with zero attached hydrogens (tertiary/aromatic N) is 4. The van der Waals surface area contributed by atoms with Crippen molar-refractivity contribution in [3.63, 3.8) is 0 Å². The van der Waals surface area contributed by atoms with Crippen LogP contribution in [0.2, 0.25) is 0 Å². The van der Waals surface area contributed by atoms with Crippen LogP contribution in [-0.2, 0) is 16.6 Å². The van der Waals surface area contributed by atoms with Crippen molar-refractivity contribution in [2.45, 2.75) is 21.0 Å². The normalized spacial score (nSPS) is 21.0. The molecule has 2 rings (SSSR count). The van der Waals surface area contributed by atoms with Gasteiger partial charge in [-0.15, -0.1) is 5.10 Å². The molecular weight excluding hydrogens is 379 g/mol. The largest absolute Gasteiger partial charge is 0.445 e. The van der Waals surface area contributed by atoms with E-state index in [4.69, 9.17) is 39.5 Å². The summed E-state index contributed by atoms with van der Waals surface area (Å²) < 4.78 is 4.51. The monoisotopic (exact) mass is 388 g/mol. The highest BCUT2D eigenvalue weighted by molar-refractivity contribution is 7.99. The van der Waals surface area contributed by atoms with Crippen molar-refractivity contribution in [2.24, 2.45) is 7.05 Å². The Hall–Kier alpha value is -0.970. The van der Waals surface area contributed by atoms with Gasteiger partial charge in [0.1, 0.15) is 12.6 Å². The Labute approximate surface area is 144 Å². The number of thioether (sulfide) groups is 1. The number of alkyl halides is 3. The molecule has 0 spiro atoms. The SMILES string of the molecule is Cn1nnnc1SC[C@@H]1NC(=O)[C@@H]1NC(=O)OCC(Cl)(Cl)Cl. The van der Waals surface area contributed by atoms with Gasteiger partial charge >= 0.3 is 6.09 Å². The number of ether oxygens (including phenoxy) is 1. The van der Waals surface area contributed by atoms with Gasteiger partial charge in [0.05, 0.1) is 6.04 Å². The second-order valence-electron chi connectivity index (χ2n) is 4.32. The molecule has 122 valence electrons. The fraction of sp³-hybridized carbons (Fsp3) is 0.667. The van der Waals surface area contributed by atoms with Gasteiger partial charge in [0.2, 0.25) is 14.9 Å². The molecule has 0 radical (unpaired) electrons. The Morgan fingerprint density at radius 3 is 2.82 bits per heavy atom. The summed E-state index contributed by atoms with van der Waals surface area (Å²) in [5.41, 5.74) is 0. The Kier molecular flexibility index (Phi) is 5.59. The topological polar surface area (TPSA) is 111 Å². The molecule has 0 aromatic carbocycles. The first kappa shape index (κ1) is 17.4. The van der Waals surface area contributed by atoms with Crippen LogP contribution >= 0.6 is 46.6 Å². The number of carbonyl (C=O) groups excluding carboxylic acids is 2. The standard InChI is InChI=1S/C9H11Cl3N6O3S/c1-18-7(15-16-17-18)22-2-4-5(6(19)13-4)14-8(20)21-3-9(10,11)12/h4-5H,2-3H2,1H3,(H,13,19)(H,14,20)/t4-,5+/m0/s1. The van der Waals surface area contributed by atoms with Crippen LogP contribution in [0.3, 0.4) is 0 Å². The number of rotatable bonds is 5. The van der Waals surface area contributed by atoms with E-state index >= 15 is 0 Å². The van der Waals surface area contributed by atoms with Crippen LogP contribution in [0.4, 0.5) is 4.79 Å².